The Bertz CT molecular complexity index is 1650. The molecular weight excluding hydrogens is 618 g/mol. The summed E-state index contributed by atoms with van der Waals surface area (Å²) in [6.45, 7) is 9.79. The Hall–Kier alpha value is -4.80. The maximum atomic E-state index is 13.0. The molecule has 9 heteroatoms. The van der Waals surface area contributed by atoms with Crippen molar-refractivity contribution in [3.05, 3.63) is 119 Å². The molecule has 0 bridgehead atoms. The number of Topliss-reactive ketones (excluding diaryl/α,β-unsaturated/α-hetero) is 2. The van der Waals surface area contributed by atoms with Crippen molar-refractivity contribution >= 4 is 34.7 Å². The van der Waals surface area contributed by atoms with E-state index in [2.05, 4.69) is 39.0 Å². The minimum absolute atomic E-state index is 0.194. The second-order valence-electron chi connectivity index (χ2n) is 12.3. The Balaban J connectivity index is 1.08. The highest BCUT2D eigenvalue weighted by atomic mass is 16.5. The minimum atomic E-state index is -0.231. The van der Waals surface area contributed by atoms with E-state index in [0.29, 0.717) is 24.3 Å². The summed E-state index contributed by atoms with van der Waals surface area (Å²) in [6.07, 6.45) is 1.69. The number of rotatable bonds is 12. The quantitative estimate of drug-likeness (QED) is 0.134. The van der Waals surface area contributed by atoms with Crippen LogP contribution < -0.4 is 14.4 Å². The van der Waals surface area contributed by atoms with Gasteiger partial charge in [0.15, 0.2) is 11.6 Å². The summed E-state index contributed by atoms with van der Waals surface area (Å²) in [6, 6.07) is 31.1. The highest BCUT2D eigenvalue weighted by molar-refractivity contribution is 6.41. The van der Waals surface area contributed by atoms with Gasteiger partial charge in [-0.1, -0.05) is 36.4 Å². The molecule has 0 saturated carbocycles. The fourth-order valence-electron chi connectivity index (χ4n) is 6.35. The van der Waals surface area contributed by atoms with Crippen LogP contribution >= 0.6 is 0 Å². The molecule has 7 rings (SSSR count). The molecule has 0 amide bonds. The molecule has 2 heterocycles. The molecule has 0 unspecified atom stereocenters. The fraction of sp³-hybridized carbons (Fsp3) is 0.300. The van der Waals surface area contributed by atoms with Crippen LogP contribution in [0.5, 0.6) is 11.5 Å². The zero-order chi connectivity index (χ0) is 33.4. The summed E-state index contributed by atoms with van der Waals surface area (Å²) in [7, 11) is 0. The summed E-state index contributed by atoms with van der Waals surface area (Å²) < 4.78 is 23.1. The molecule has 49 heavy (non-hydrogen) atoms. The first-order chi connectivity index (χ1) is 24.1. The predicted molar refractivity (Wildman–Crippen MR) is 190 cm³/mol. The number of fused-ring (bicyclic) bond motifs is 1. The standard InChI is InChI=1S/C40H41N3O6/c44-39-36-3-1-2-4-37(36)40(45)38(39)29-30-5-7-31(8-6-30)43(32-9-13-34(14-10-32)48-27-21-41-17-23-46-24-18-41)33-11-15-35(16-12-33)49-28-22-42-19-25-47-26-20-42/h1-16,29H,17-28H2. The van der Waals surface area contributed by atoms with E-state index in [4.69, 9.17) is 18.9 Å². The van der Waals surface area contributed by atoms with E-state index in [9.17, 15) is 9.59 Å². The van der Waals surface area contributed by atoms with E-state index >= 15 is 0 Å². The van der Waals surface area contributed by atoms with E-state index in [1.165, 1.54) is 0 Å². The van der Waals surface area contributed by atoms with Crippen molar-refractivity contribution in [1.82, 2.24) is 9.80 Å². The molecule has 4 aromatic carbocycles. The van der Waals surface area contributed by atoms with Gasteiger partial charge in [0.05, 0.1) is 32.0 Å². The van der Waals surface area contributed by atoms with Crippen molar-refractivity contribution in [2.45, 2.75) is 0 Å². The van der Waals surface area contributed by atoms with Crippen LogP contribution in [0.15, 0.2) is 103 Å². The fourth-order valence-corrected chi connectivity index (χ4v) is 6.35. The van der Waals surface area contributed by atoms with Gasteiger partial charge in [-0.2, -0.15) is 0 Å². The molecule has 1 aliphatic carbocycles. The summed E-state index contributed by atoms with van der Waals surface area (Å²) in [5, 5.41) is 0. The number of benzene rings is 4. The van der Waals surface area contributed by atoms with Gasteiger partial charge >= 0.3 is 0 Å². The van der Waals surface area contributed by atoms with E-state index in [1.807, 2.05) is 48.5 Å². The lowest BCUT2D eigenvalue weighted by Gasteiger charge is -2.27. The van der Waals surface area contributed by atoms with Crippen molar-refractivity contribution in [2.75, 3.05) is 83.8 Å². The number of carbonyl (C=O) groups excluding carboxylic acids is 2. The third-order valence-corrected chi connectivity index (χ3v) is 9.12. The third-order valence-electron chi connectivity index (χ3n) is 9.12. The van der Waals surface area contributed by atoms with Gasteiger partial charge in [0.1, 0.15) is 24.7 Å². The molecule has 0 radical (unpaired) electrons. The van der Waals surface area contributed by atoms with Crippen LogP contribution in [0.1, 0.15) is 26.3 Å². The molecule has 0 spiro atoms. The zero-order valence-corrected chi connectivity index (χ0v) is 27.6. The summed E-state index contributed by atoms with van der Waals surface area (Å²) in [5.74, 6) is 1.17. The number of ketones is 2. The van der Waals surface area contributed by atoms with Crippen molar-refractivity contribution < 1.29 is 28.5 Å². The van der Waals surface area contributed by atoms with Crippen molar-refractivity contribution in [3.8, 4) is 11.5 Å². The Morgan fingerprint density at radius 1 is 0.571 bits per heavy atom. The van der Waals surface area contributed by atoms with Gasteiger partial charge in [0.2, 0.25) is 0 Å². The number of allylic oxidation sites excluding steroid dienone is 1. The summed E-state index contributed by atoms with van der Waals surface area (Å²) in [5.41, 5.74) is 4.75. The molecule has 4 aromatic rings. The Morgan fingerprint density at radius 2 is 0.980 bits per heavy atom. The lowest BCUT2D eigenvalue weighted by atomic mass is 10.1. The van der Waals surface area contributed by atoms with E-state index < -0.39 is 0 Å². The van der Waals surface area contributed by atoms with Crippen LogP contribution in [0.25, 0.3) is 6.08 Å². The first-order valence-electron chi connectivity index (χ1n) is 17.0. The molecule has 252 valence electrons. The van der Waals surface area contributed by atoms with E-state index in [-0.39, 0.29) is 17.1 Å². The van der Waals surface area contributed by atoms with Crippen molar-refractivity contribution in [2.24, 2.45) is 0 Å². The maximum absolute atomic E-state index is 13.0. The highest BCUT2D eigenvalue weighted by Crippen LogP contribution is 2.37. The molecule has 2 saturated heterocycles. The SMILES string of the molecule is O=C1C(=Cc2ccc(N(c3ccc(OCCN4CCOCC4)cc3)c3ccc(OCCN4CCOCC4)cc3)cc2)C(=O)c2ccccc21. The smallest absolute Gasteiger partial charge is 0.197 e. The second kappa shape index (κ2) is 15.6. The van der Waals surface area contributed by atoms with Gasteiger partial charge in [0.25, 0.3) is 0 Å². The van der Waals surface area contributed by atoms with E-state index in [1.54, 1.807) is 30.3 Å². The van der Waals surface area contributed by atoms with Crippen LogP contribution in [0, 0.1) is 0 Å². The largest absolute Gasteiger partial charge is 0.492 e. The number of hydrogen-bond donors (Lipinski definition) is 0. The summed E-state index contributed by atoms with van der Waals surface area (Å²) in [4.78, 5) is 32.8. The molecule has 9 nitrogen and oxygen atoms in total. The minimum Gasteiger partial charge on any atom is -0.492 e. The number of nitrogens with zero attached hydrogens (tertiary/aromatic N) is 3. The highest BCUT2D eigenvalue weighted by Gasteiger charge is 2.32. The second-order valence-corrected chi connectivity index (χ2v) is 12.3. The van der Waals surface area contributed by atoms with Gasteiger partial charge in [-0.3, -0.25) is 19.4 Å². The Morgan fingerprint density at radius 3 is 1.41 bits per heavy atom. The average molecular weight is 660 g/mol. The zero-order valence-electron chi connectivity index (χ0n) is 27.6. The number of anilines is 3. The van der Waals surface area contributed by atoms with Gasteiger partial charge < -0.3 is 23.8 Å². The molecule has 3 aliphatic rings. The van der Waals surface area contributed by atoms with Gasteiger partial charge in [-0.25, -0.2) is 0 Å². The van der Waals surface area contributed by atoms with Crippen LogP contribution in [-0.2, 0) is 9.47 Å². The van der Waals surface area contributed by atoms with Crippen LogP contribution in [0.4, 0.5) is 17.1 Å². The van der Waals surface area contributed by atoms with Crippen LogP contribution in [0.3, 0.4) is 0 Å². The molecule has 2 aliphatic heterocycles. The number of morpholine rings is 2. The number of carbonyl (C=O) groups is 2. The van der Waals surface area contributed by atoms with Gasteiger partial charge in [0, 0.05) is 67.5 Å². The number of ether oxygens (including phenoxy) is 4. The Labute approximate surface area is 287 Å². The first kappa shape index (κ1) is 32.7. The molecule has 0 aromatic heterocycles. The molecular formula is C40H41N3O6. The monoisotopic (exact) mass is 659 g/mol. The molecule has 2 fully saturated rings. The lowest BCUT2D eigenvalue weighted by molar-refractivity contribution is 0.0322. The van der Waals surface area contributed by atoms with E-state index in [0.717, 1.165) is 99.8 Å². The molecule has 0 N–H and O–H groups in total. The van der Waals surface area contributed by atoms with Crippen molar-refractivity contribution in [1.29, 1.82) is 0 Å². The first-order valence-corrected chi connectivity index (χ1v) is 17.0. The molecule has 0 atom stereocenters. The lowest BCUT2D eigenvalue weighted by Crippen LogP contribution is -2.38. The topological polar surface area (TPSA) is 80.8 Å². The Kier molecular flexibility index (Phi) is 10.4. The normalized spacial score (nSPS) is 16.8. The third kappa shape index (κ3) is 7.92. The maximum Gasteiger partial charge on any atom is 0.197 e. The van der Waals surface area contributed by atoms with Crippen LogP contribution in [0.2, 0.25) is 0 Å². The van der Waals surface area contributed by atoms with Crippen molar-refractivity contribution in [3.63, 3.8) is 0 Å². The average Bonchev–Trinajstić information content (AvgIpc) is 3.39. The van der Waals surface area contributed by atoms with Gasteiger partial charge in [-0.15, -0.1) is 0 Å². The number of hydrogen-bond acceptors (Lipinski definition) is 9. The predicted octanol–water partition coefficient (Wildman–Crippen LogP) is 6.04. The van der Waals surface area contributed by atoms with Crippen LogP contribution in [-0.4, -0.2) is 100 Å². The van der Waals surface area contributed by atoms with Gasteiger partial charge in [-0.05, 0) is 72.3 Å². The summed E-state index contributed by atoms with van der Waals surface area (Å²) >= 11 is 0.